The standard InChI is InChI=1S/C19H20ClNO3/c1-13(2)24-16-6-4-5-14(11-16)7-10-19(22)21-15-8-9-18(23-3)17(20)12-15/h4-13H,1-3H3,(H,21,22)/b10-7+. The molecule has 2 rings (SSSR count). The first-order valence-corrected chi connectivity index (χ1v) is 7.95. The molecule has 0 fully saturated rings. The molecular weight excluding hydrogens is 326 g/mol. The molecule has 1 N–H and O–H groups in total. The van der Waals surface area contributed by atoms with Crippen molar-refractivity contribution in [3.05, 3.63) is 59.1 Å². The summed E-state index contributed by atoms with van der Waals surface area (Å²) in [6.07, 6.45) is 3.30. The average Bonchev–Trinajstić information content (AvgIpc) is 2.53. The molecule has 0 aliphatic heterocycles. The number of benzene rings is 2. The largest absolute Gasteiger partial charge is 0.495 e. The molecule has 0 spiro atoms. The van der Waals surface area contributed by atoms with Crippen LogP contribution in [0.25, 0.3) is 6.08 Å². The van der Waals surface area contributed by atoms with Crippen LogP contribution in [-0.2, 0) is 4.79 Å². The number of ether oxygens (including phenoxy) is 2. The van der Waals surface area contributed by atoms with Gasteiger partial charge in [0, 0.05) is 11.8 Å². The molecule has 0 unspecified atom stereocenters. The van der Waals surface area contributed by atoms with Gasteiger partial charge in [0.25, 0.3) is 0 Å². The molecule has 5 heteroatoms. The van der Waals surface area contributed by atoms with Gasteiger partial charge in [-0.25, -0.2) is 0 Å². The summed E-state index contributed by atoms with van der Waals surface area (Å²) in [7, 11) is 1.54. The van der Waals surface area contributed by atoms with Crippen molar-refractivity contribution in [2.45, 2.75) is 20.0 Å². The van der Waals surface area contributed by atoms with Crippen LogP contribution >= 0.6 is 11.6 Å². The Labute approximate surface area is 147 Å². The number of halogens is 1. The van der Waals surface area contributed by atoms with E-state index in [0.717, 1.165) is 11.3 Å². The van der Waals surface area contributed by atoms with Crippen LogP contribution in [0.4, 0.5) is 5.69 Å². The van der Waals surface area contributed by atoms with E-state index in [2.05, 4.69) is 5.32 Å². The van der Waals surface area contributed by atoms with Gasteiger partial charge in [-0.15, -0.1) is 0 Å². The van der Waals surface area contributed by atoms with Crippen molar-refractivity contribution in [3.63, 3.8) is 0 Å². The number of anilines is 1. The molecule has 0 aliphatic rings. The fraction of sp³-hybridized carbons (Fsp3) is 0.211. The van der Waals surface area contributed by atoms with Gasteiger partial charge in [-0.1, -0.05) is 23.7 Å². The van der Waals surface area contributed by atoms with Crippen molar-refractivity contribution in [3.8, 4) is 11.5 Å². The highest BCUT2D eigenvalue weighted by atomic mass is 35.5. The number of rotatable bonds is 6. The molecule has 0 saturated carbocycles. The van der Waals surface area contributed by atoms with E-state index >= 15 is 0 Å². The molecule has 2 aromatic rings. The minimum absolute atomic E-state index is 0.104. The zero-order chi connectivity index (χ0) is 17.5. The maximum absolute atomic E-state index is 12.0. The molecule has 0 aromatic heterocycles. The first kappa shape index (κ1) is 17.9. The Bertz CT molecular complexity index is 741. The number of hydrogen-bond donors (Lipinski definition) is 1. The van der Waals surface area contributed by atoms with E-state index in [0.29, 0.717) is 16.5 Å². The highest BCUT2D eigenvalue weighted by Gasteiger charge is 2.04. The van der Waals surface area contributed by atoms with Crippen LogP contribution in [0.5, 0.6) is 11.5 Å². The SMILES string of the molecule is COc1ccc(NC(=O)/C=C/c2cccc(OC(C)C)c2)cc1Cl. The van der Waals surface area contributed by atoms with Gasteiger partial charge in [0.2, 0.25) is 5.91 Å². The first-order chi connectivity index (χ1) is 11.5. The van der Waals surface area contributed by atoms with Crippen LogP contribution in [-0.4, -0.2) is 19.1 Å². The van der Waals surface area contributed by atoms with E-state index in [-0.39, 0.29) is 12.0 Å². The van der Waals surface area contributed by atoms with E-state index in [4.69, 9.17) is 21.1 Å². The summed E-state index contributed by atoms with van der Waals surface area (Å²) < 4.78 is 10.7. The number of methoxy groups -OCH3 is 1. The number of amides is 1. The summed E-state index contributed by atoms with van der Waals surface area (Å²) in [6.45, 7) is 3.94. The Hall–Kier alpha value is -2.46. The van der Waals surface area contributed by atoms with Crippen molar-refractivity contribution >= 4 is 29.3 Å². The second-order valence-corrected chi connectivity index (χ2v) is 5.82. The third-order valence-electron chi connectivity index (χ3n) is 3.08. The fourth-order valence-corrected chi connectivity index (χ4v) is 2.32. The molecule has 24 heavy (non-hydrogen) atoms. The summed E-state index contributed by atoms with van der Waals surface area (Å²) in [5.41, 5.74) is 1.49. The summed E-state index contributed by atoms with van der Waals surface area (Å²) in [4.78, 5) is 12.0. The highest BCUT2D eigenvalue weighted by molar-refractivity contribution is 6.32. The van der Waals surface area contributed by atoms with Crippen LogP contribution in [0.2, 0.25) is 5.02 Å². The monoisotopic (exact) mass is 345 g/mol. The number of nitrogens with one attached hydrogen (secondary N) is 1. The van der Waals surface area contributed by atoms with E-state index in [1.165, 1.54) is 6.08 Å². The van der Waals surface area contributed by atoms with Crippen LogP contribution in [0.15, 0.2) is 48.5 Å². The quantitative estimate of drug-likeness (QED) is 0.766. The molecule has 0 atom stereocenters. The van der Waals surface area contributed by atoms with Gasteiger partial charge in [0.15, 0.2) is 0 Å². The Morgan fingerprint density at radius 2 is 2.00 bits per heavy atom. The second-order valence-electron chi connectivity index (χ2n) is 5.41. The summed E-state index contributed by atoms with van der Waals surface area (Å²) in [5.74, 6) is 1.09. The molecular formula is C19H20ClNO3. The first-order valence-electron chi connectivity index (χ1n) is 7.57. The van der Waals surface area contributed by atoms with Gasteiger partial charge in [-0.2, -0.15) is 0 Å². The lowest BCUT2D eigenvalue weighted by atomic mass is 10.2. The van der Waals surface area contributed by atoms with Gasteiger partial charge in [0.05, 0.1) is 18.2 Å². The summed E-state index contributed by atoms with van der Waals surface area (Å²) in [5, 5.41) is 3.20. The highest BCUT2D eigenvalue weighted by Crippen LogP contribution is 2.27. The van der Waals surface area contributed by atoms with Crippen LogP contribution < -0.4 is 14.8 Å². The maximum atomic E-state index is 12.0. The normalized spacial score (nSPS) is 10.9. The Morgan fingerprint density at radius 1 is 1.21 bits per heavy atom. The van der Waals surface area contributed by atoms with Gasteiger partial charge >= 0.3 is 0 Å². The Balaban J connectivity index is 2.01. The zero-order valence-corrected chi connectivity index (χ0v) is 14.6. The van der Waals surface area contributed by atoms with Crippen molar-refractivity contribution in [2.75, 3.05) is 12.4 Å². The third-order valence-corrected chi connectivity index (χ3v) is 3.37. The van der Waals surface area contributed by atoms with Crippen LogP contribution in [0, 0.1) is 0 Å². The lowest BCUT2D eigenvalue weighted by molar-refractivity contribution is -0.111. The molecule has 1 amide bonds. The number of carbonyl (C=O) groups excluding carboxylic acids is 1. The number of hydrogen-bond acceptors (Lipinski definition) is 3. The molecule has 126 valence electrons. The van der Waals surface area contributed by atoms with Crippen molar-refractivity contribution < 1.29 is 14.3 Å². The van der Waals surface area contributed by atoms with Gasteiger partial charge in [0.1, 0.15) is 11.5 Å². The predicted molar refractivity (Wildman–Crippen MR) is 97.9 cm³/mol. The zero-order valence-electron chi connectivity index (χ0n) is 13.9. The molecule has 0 heterocycles. The lowest BCUT2D eigenvalue weighted by Gasteiger charge is -2.09. The van der Waals surface area contributed by atoms with E-state index in [1.807, 2.05) is 38.1 Å². The van der Waals surface area contributed by atoms with Crippen LogP contribution in [0.1, 0.15) is 19.4 Å². The average molecular weight is 346 g/mol. The van der Waals surface area contributed by atoms with Crippen molar-refractivity contribution in [1.82, 2.24) is 0 Å². The fourth-order valence-electron chi connectivity index (χ4n) is 2.06. The predicted octanol–water partition coefficient (Wildman–Crippen LogP) is 4.79. The smallest absolute Gasteiger partial charge is 0.248 e. The summed E-state index contributed by atoms with van der Waals surface area (Å²) in [6, 6.07) is 12.6. The van der Waals surface area contributed by atoms with E-state index in [1.54, 1.807) is 31.4 Å². The maximum Gasteiger partial charge on any atom is 0.248 e. The third kappa shape index (κ3) is 5.32. The number of carbonyl (C=O) groups is 1. The van der Waals surface area contributed by atoms with Gasteiger partial charge in [-0.3, -0.25) is 4.79 Å². The lowest BCUT2D eigenvalue weighted by Crippen LogP contribution is -2.07. The van der Waals surface area contributed by atoms with E-state index in [9.17, 15) is 4.79 Å². The van der Waals surface area contributed by atoms with Gasteiger partial charge < -0.3 is 14.8 Å². The van der Waals surface area contributed by atoms with Crippen molar-refractivity contribution in [1.29, 1.82) is 0 Å². The minimum atomic E-state index is -0.244. The topological polar surface area (TPSA) is 47.6 Å². The molecule has 0 bridgehead atoms. The van der Waals surface area contributed by atoms with Crippen LogP contribution in [0.3, 0.4) is 0 Å². The molecule has 0 radical (unpaired) electrons. The van der Waals surface area contributed by atoms with E-state index < -0.39 is 0 Å². The molecule has 2 aromatic carbocycles. The van der Waals surface area contributed by atoms with Gasteiger partial charge in [-0.05, 0) is 55.8 Å². The Morgan fingerprint density at radius 3 is 2.67 bits per heavy atom. The molecule has 4 nitrogen and oxygen atoms in total. The van der Waals surface area contributed by atoms with Crippen molar-refractivity contribution in [2.24, 2.45) is 0 Å². The summed E-state index contributed by atoms with van der Waals surface area (Å²) >= 11 is 6.04. The Kier molecular flexibility index (Phi) is 6.27. The molecule has 0 saturated heterocycles. The molecule has 0 aliphatic carbocycles. The second kappa shape index (κ2) is 8.41. The minimum Gasteiger partial charge on any atom is -0.495 e.